The topological polar surface area (TPSA) is 65.8 Å². The molecule has 3 aromatic rings. The molecule has 178 valence electrons. The minimum Gasteiger partial charge on any atom is -0.451 e. The molecule has 9 heteroatoms. The molecule has 1 N–H and O–H groups in total. The van der Waals surface area contributed by atoms with Crippen LogP contribution in [0.2, 0.25) is 15.1 Å². The van der Waals surface area contributed by atoms with Crippen LogP contribution in [0.5, 0.6) is 0 Å². The molecule has 2 aromatic carbocycles. The molecule has 2 amide bonds. The normalized spacial score (nSPS) is 13.9. The fourth-order valence-electron chi connectivity index (χ4n) is 3.89. The third-order valence-corrected chi connectivity index (χ3v) is 6.44. The zero-order chi connectivity index (χ0) is 24.4. The Morgan fingerprint density at radius 2 is 1.59 bits per heavy atom. The Bertz CT molecular complexity index is 1220. The standard InChI is InChI=1S/C25H24Cl3N3O3/c1-15(2)25(33)31-11-9-30(10-12-31)21-6-4-17(27)14-20(21)29-24(32)23-8-7-22(34-23)18-5-3-16(26)13-19(18)28/h3-8,13-15H,9-12H2,1-2H3,(H,29,32). The molecule has 6 nitrogen and oxygen atoms in total. The van der Waals surface area contributed by atoms with Crippen LogP contribution in [0.15, 0.2) is 52.9 Å². The SMILES string of the molecule is CC(C)C(=O)N1CCN(c2ccc(Cl)cc2NC(=O)c2ccc(-c3ccc(Cl)cc3Cl)o2)CC1. The number of amides is 2. The van der Waals surface area contributed by atoms with Gasteiger partial charge >= 0.3 is 0 Å². The first-order chi connectivity index (χ1) is 16.2. The third-order valence-electron chi connectivity index (χ3n) is 5.66. The van der Waals surface area contributed by atoms with E-state index in [1.54, 1.807) is 42.5 Å². The molecule has 1 fully saturated rings. The summed E-state index contributed by atoms with van der Waals surface area (Å²) in [6.45, 7) is 6.36. The Morgan fingerprint density at radius 3 is 2.26 bits per heavy atom. The van der Waals surface area contributed by atoms with E-state index in [4.69, 9.17) is 39.2 Å². The van der Waals surface area contributed by atoms with Gasteiger partial charge < -0.3 is 19.5 Å². The average molecular weight is 521 g/mol. The Kier molecular flexibility index (Phi) is 7.41. The molecule has 2 heterocycles. The number of carbonyl (C=O) groups is 2. The minimum atomic E-state index is -0.409. The number of benzene rings is 2. The van der Waals surface area contributed by atoms with E-state index in [1.165, 1.54) is 0 Å². The van der Waals surface area contributed by atoms with Crippen LogP contribution < -0.4 is 10.2 Å². The molecule has 0 atom stereocenters. The largest absolute Gasteiger partial charge is 0.451 e. The first-order valence-electron chi connectivity index (χ1n) is 10.9. The van der Waals surface area contributed by atoms with Gasteiger partial charge in [-0.3, -0.25) is 9.59 Å². The number of rotatable bonds is 5. The summed E-state index contributed by atoms with van der Waals surface area (Å²) in [5.41, 5.74) is 2.05. The quantitative estimate of drug-likeness (QED) is 0.419. The summed E-state index contributed by atoms with van der Waals surface area (Å²) in [7, 11) is 0. The van der Waals surface area contributed by atoms with Crippen molar-refractivity contribution in [3.63, 3.8) is 0 Å². The number of halogens is 3. The molecule has 1 aliphatic heterocycles. The van der Waals surface area contributed by atoms with Gasteiger partial charge in [0.1, 0.15) is 5.76 Å². The lowest BCUT2D eigenvalue weighted by atomic mass is 10.1. The lowest BCUT2D eigenvalue weighted by molar-refractivity contribution is -0.134. The van der Waals surface area contributed by atoms with Gasteiger partial charge in [0.2, 0.25) is 5.91 Å². The van der Waals surface area contributed by atoms with Gasteiger partial charge in [0.15, 0.2) is 5.76 Å². The number of furan rings is 1. The predicted molar refractivity (Wildman–Crippen MR) is 137 cm³/mol. The van der Waals surface area contributed by atoms with Gasteiger partial charge in [0.05, 0.1) is 16.4 Å². The molecule has 0 saturated carbocycles. The van der Waals surface area contributed by atoms with E-state index in [0.717, 1.165) is 5.69 Å². The van der Waals surface area contributed by atoms with Gasteiger partial charge in [-0.2, -0.15) is 0 Å². The van der Waals surface area contributed by atoms with Gasteiger partial charge in [-0.15, -0.1) is 0 Å². The first kappa shape index (κ1) is 24.5. The van der Waals surface area contributed by atoms with E-state index >= 15 is 0 Å². The molecule has 0 bridgehead atoms. The van der Waals surface area contributed by atoms with Crippen LogP contribution in [0.25, 0.3) is 11.3 Å². The van der Waals surface area contributed by atoms with Crippen molar-refractivity contribution >= 4 is 58.0 Å². The van der Waals surface area contributed by atoms with Crippen LogP contribution in [-0.4, -0.2) is 42.9 Å². The fourth-order valence-corrected chi connectivity index (χ4v) is 4.57. The summed E-state index contributed by atoms with van der Waals surface area (Å²) in [6, 6.07) is 13.7. The highest BCUT2D eigenvalue weighted by atomic mass is 35.5. The van der Waals surface area contributed by atoms with Crippen LogP contribution in [-0.2, 0) is 4.79 Å². The van der Waals surface area contributed by atoms with E-state index in [0.29, 0.717) is 58.3 Å². The number of piperazine rings is 1. The van der Waals surface area contributed by atoms with Gasteiger partial charge in [0, 0.05) is 47.7 Å². The van der Waals surface area contributed by atoms with E-state index in [1.807, 2.05) is 24.8 Å². The number of nitrogens with one attached hydrogen (secondary N) is 1. The van der Waals surface area contributed by atoms with Crippen LogP contribution in [0.4, 0.5) is 11.4 Å². The summed E-state index contributed by atoms with van der Waals surface area (Å²) in [5.74, 6) is 0.313. The van der Waals surface area contributed by atoms with Crippen molar-refractivity contribution in [1.29, 1.82) is 0 Å². The van der Waals surface area contributed by atoms with Crippen molar-refractivity contribution in [3.05, 3.63) is 69.4 Å². The molecule has 1 aromatic heterocycles. The number of anilines is 2. The maximum Gasteiger partial charge on any atom is 0.291 e. The van der Waals surface area contributed by atoms with Crippen molar-refractivity contribution in [2.24, 2.45) is 5.92 Å². The summed E-state index contributed by atoms with van der Waals surface area (Å²) < 4.78 is 5.77. The summed E-state index contributed by atoms with van der Waals surface area (Å²) in [4.78, 5) is 29.3. The zero-order valence-electron chi connectivity index (χ0n) is 18.8. The first-order valence-corrected chi connectivity index (χ1v) is 12.1. The molecule has 0 aliphatic carbocycles. The second-order valence-electron chi connectivity index (χ2n) is 8.37. The zero-order valence-corrected chi connectivity index (χ0v) is 21.0. The second-order valence-corrected chi connectivity index (χ2v) is 9.65. The molecular weight excluding hydrogens is 497 g/mol. The summed E-state index contributed by atoms with van der Waals surface area (Å²) >= 11 is 18.5. The van der Waals surface area contributed by atoms with Crippen molar-refractivity contribution in [3.8, 4) is 11.3 Å². The molecule has 1 saturated heterocycles. The van der Waals surface area contributed by atoms with Gasteiger partial charge in [-0.05, 0) is 48.5 Å². The number of hydrogen-bond acceptors (Lipinski definition) is 4. The lowest BCUT2D eigenvalue weighted by Gasteiger charge is -2.37. The monoisotopic (exact) mass is 519 g/mol. The van der Waals surface area contributed by atoms with Crippen LogP contribution in [0, 0.1) is 5.92 Å². The molecule has 0 unspecified atom stereocenters. The molecule has 1 aliphatic rings. The van der Waals surface area contributed by atoms with E-state index < -0.39 is 5.91 Å². The fraction of sp³-hybridized carbons (Fsp3) is 0.280. The van der Waals surface area contributed by atoms with Gasteiger partial charge in [-0.1, -0.05) is 48.7 Å². The highest BCUT2D eigenvalue weighted by Crippen LogP contribution is 2.33. The van der Waals surface area contributed by atoms with Gasteiger partial charge in [0.25, 0.3) is 5.91 Å². The minimum absolute atomic E-state index is 0.0297. The van der Waals surface area contributed by atoms with Crippen LogP contribution >= 0.6 is 34.8 Å². The lowest BCUT2D eigenvalue weighted by Crippen LogP contribution is -2.50. The molecule has 0 radical (unpaired) electrons. The average Bonchev–Trinajstić information content (AvgIpc) is 3.29. The van der Waals surface area contributed by atoms with E-state index in [-0.39, 0.29) is 17.6 Å². The van der Waals surface area contributed by atoms with Crippen molar-refractivity contribution in [2.75, 3.05) is 36.4 Å². The van der Waals surface area contributed by atoms with Gasteiger partial charge in [-0.25, -0.2) is 0 Å². The third kappa shape index (κ3) is 5.35. The highest BCUT2D eigenvalue weighted by molar-refractivity contribution is 6.36. The van der Waals surface area contributed by atoms with Crippen molar-refractivity contribution < 1.29 is 14.0 Å². The summed E-state index contributed by atoms with van der Waals surface area (Å²) in [6.07, 6.45) is 0. The van der Waals surface area contributed by atoms with Crippen molar-refractivity contribution in [2.45, 2.75) is 13.8 Å². The summed E-state index contributed by atoms with van der Waals surface area (Å²) in [5, 5.41) is 4.36. The molecular formula is C25H24Cl3N3O3. The molecule has 4 rings (SSSR count). The Morgan fingerprint density at radius 1 is 0.912 bits per heavy atom. The maximum atomic E-state index is 13.0. The van der Waals surface area contributed by atoms with Crippen LogP contribution in [0.1, 0.15) is 24.4 Å². The second kappa shape index (κ2) is 10.3. The number of nitrogens with zero attached hydrogens (tertiary/aromatic N) is 2. The van der Waals surface area contributed by atoms with E-state index in [2.05, 4.69) is 10.2 Å². The Balaban J connectivity index is 1.50. The Labute approximate surface area is 213 Å². The highest BCUT2D eigenvalue weighted by Gasteiger charge is 2.25. The molecule has 0 spiro atoms. The molecule has 34 heavy (non-hydrogen) atoms. The number of carbonyl (C=O) groups excluding carboxylic acids is 2. The Hall–Kier alpha value is -2.67. The van der Waals surface area contributed by atoms with Crippen molar-refractivity contribution in [1.82, 2.24) is 4.90 Å². The predicted octanol–water partition coefficient (Wildman–Crippen LogP) is 6.46. The maximum absolute atomic E-state index is 13.0. The number of hydrogen-bond donors (Lipinski definition) is 1. The smallest absolute Gasteiger partial charge is 0.291 e. The van der Waals surface area contributed by atoms with Crippen LogP contribution in [0.3, 0.4) is 0 Å². The van der Waals surface area contributed by atoms with E-state index in [9.17, 15) is 9.59 Å².